The Morgan fingerprint density at radius 1 is 1.67 bits per heavy atom. The summed E-state index contributed by atoms with van der Waals surface area (Å²) in [5.41, 5.74) is 0. The van der Waals surface area contributed by atoms with Crippen LogP contribution in [-0.2, 0) is 33.1 Å². The molecule has 0 aliphatic carbocycles. The molecule has 0 aromatic rings. The standard InChI is InChI=1S/C6H13NS.Pd/c1-7-3-2-6(4-7)5-8;/h6,8H,2-5H2,1H3;/p-1. The summed E-state index contributed by atoms with van der Waals surface area (Å²) in [4.78, 5) is 2.34. The van der Waals surface area contributed by atoms with E-state index in [1.165, 1.54) is 19.5 Å². The summed E-state index contributed by atoms with van der Waals surface area (Å²) in [6, 6.07) is 0. The molecule has 1 atom stereocenters. The Bertz CT molecular complexity index is 79.5. The number of rotatable bonds is 1. The van der Waals surface area contributed by atoms with E-state index >= 15 is 0 Å². The second-order valence-electron chi connectivity index (χ2n) is 2.58. The zero-order valence-electron chi connectivity index (χ0n) is 5.58. The van der Waals surface area contributed by atoms with E-state index in [9.17, 15) is 0 Å². The van der Waals surface area contributed by atoms with Crippen LogP contribution in [0.15, 0.2) is 0 Å². The van der Waals surface area contributed by atoms with Gasteiger partial charge < -0.3 is 17.5 Å². The maximum atomic E-state index is 4.94. The molecule has 1 rings (SSSR count). The van der Waals surface area contributed by atoms with Crippen LogP contribution >= 0.6 is 0 Å². The molecule has 0 saturated carbocycles. The summed E-state index contributed by atoms with van der Waals surface area (Å²) in [6.45, 7) is 2.48. The van der Waals surface area contributed by atoms with E-state index in [-0.39, 0.29) is 20.4 Å². The van der Waals surface area contributed by atoms with Crippen LogP contribution < -0.4 is 0 Å². The van der Waals surface area contributed by atoms with Crippen molar-refractivity contribution in [2.45, 2.75) is 6.42 Å². The monoisotopic (exact) mass is 236 g/mol. The van der Waals surface area contributed by atoms with Gasteiger partial charge in [0.05, 0.1) is 0 Å². The quantitative estimate of drug-likeness (QED) is 0.481. The predicted molar refractivity (Wildman–Crippen MR) is 37.8 cm³/mol. The topological polar surface area (TPSA) is 3.24 Å². The Morgan fingerprint density at radius 2 is 2.33 bits per heavy atom. The minimum atomic E-state index is 0. The number of hydrogen-bond acceptors (Lipinski definition) is 2. The summed E-state index contributed by atoms with van der Waals surface area (Å²) >= 11 is 4.94. The Kier molecular flexibility index (Phi) is 5.25. The van der Waals surface area contributed by atoms with Gasteiger partial charge in [-0.3, -0.25) is 0 Å². The summed E-state index contributed by atoms with van der Waals surface area (Å²) in [5, 5.41) is 0. The molecule has 1 heterocycles. The molecule has 0 radical (unpaired) electrons. The number of hydrogen-bond donors (Lipinski definition) is 0. The molecule has 9 heavy (non-hydrogen) atoms. The Hall–Kier alpha value is 0.972. The van der Waals surface area contributed by atoms with Gasteiger partial charge in [-0.15, -0.1) is 0 Å². The maximum absolute atomic E-state index is 4.94. The first-order valence-corrected chi connectivity index (χ1v) is 3.67. The molecule has 1 aliphatic heterocycles. The van der Waals surface area contributed by atoms with E-state index in [2.05, 4.69) is 11.9 Å². The SMILES string of the molecule is CN1CCC(C[S-])C1.[Pd]. The first-order valence-electron chi connectivity index (χ1n) is 3.09. The zero-order valence-corrected chi connectivity index (χ0v) is 7.95. The number of likely N-dealkylation sites (tertiary alicyclic amines) is 1. The second-order valence-corrected chi connectivity index (χ2v) is 2.92. The van der Waals surface area contributed by atoms with Crippen molar-refractivity contribution in [2.24, 2.45) is 5.92 Å². The van der Waals surface area contributed by atoms with Crippen LogP contribution in [-0.4, -0.2) is 30.8 Å². The van der Waals surface area contributed by atoms with Crippen LogP contribution in [0.2, 0.25) is 0 Å². The van der Waals surface area contributed by atoms with Gasteiger partial charge in [0, 0.05) is 20.4 Å². The van der Waals surface area contributed by atoms with Crippen molar-refractivity contribution in [1.82, 2.24) is 4.90 Å². The van der Waals surface area contributed by atoms with Gasteiger partial charge in [0.15, 0.2) is 0 Å². The van der Waals surface area contributed by atoms with Crippen molar-refractivity contribution >= 4 is 12.6 Å². The molecule has 0 N–H and O–H groups in total. The third-order valence-corrected chi connectivity index (χ3v) is 2.20. The minimum absolute atomic E-state index is 0. The third kappa shape index (κ3) is 3.04. The van der Waals surface area contributed by atoms with Gasteiger partial charge in [0.25, 0.3) is 0 Å². The van der Waals surface area contributed by atoms with Gasteiger partial charge in [-0.25, -0.2) is 0 Å². The average Bonchev–Trinajstić information content (AvgIpc) is 2.14. The molecule has 1 saturated heterocycles. The van der Waals surface area contributed by atoms with E-state index < -0.39 is 0 Å². The predicted octanol–water partition coefficient (Wildman–Crippen LogP) is 0.483. The molecular weight excluding hydrogens is 225 g/mol. The molecule has 3 heteroatoms. The molecule has 0 amide bonds. The largest absolute Gasteiger partial charge is 0.792 e. The second kappa shape index (κ2) is 4.74. The molecule has 0 aromatic heterocycles. The van der Waals surface area contributed by atoms with Crippen molar-refractivity contribution in [3.63, 3.8) is 0 Å². The fraction of sp³-hybridized carbons (Fsp3) is 1.00. The van der Waals surface area contributed by atoms with E-state index in [1.54, 1.807) is 0 Å². The maximum Gasteiger partial charge on any atom is 0 e. The number of nitrogens with zero attached hydrogens (tertiary/aromatic N) is 1. The van der Waals surface area contributed by atoms with Crippen molar-refractivity contribution in [1.29, 1.82) is 0 Å². The van der Waals surface area contributed by atoms with Crippen LogP contribution in [0.3, 0.4) is 0 Å². The van der Waals surface area contributed by atoms with Crippen LogP contribution in [0.5, 0.6) is 0 Å². The fourth-order valence-corrected chi connectivity index (χ4v) is 1.43. The molecule has 1 aliphatic rings. The molecule has 1 fully saturated rings. The fourth-order valence-electron chi connectivity index (χ4n) is 1.16. The van der Waals surface area contributed by atoms with Crippen molar-refractivity contribution in [3.8, 4) is 0 Å². The van der Waals surface area contributed by atoms with E-state index in [4.69, 9.17) is 12.6 Å². The molecular formula is C6H12NPdS-. The van der Waals surface area contributed by atoms with E-state index in [0.717, 1.165) is 11.7 Å². The zero-order chi connectivity index (χ0) is 5.98. The Balaban J connectivity index is 0.000000640. The smallest absolute Gasteiger partial charge is 0 e. The normalized spacial score (nSPS) is 28.0. The van der Waals surface area contributed by atoms with Gasteiger partial charge in [0.2, 0.25) is 0 Å². The third-order valence-electron chi connectivity index (χ3n) is 1.72. The summed E-state index contributed by atoms with van der Waals surface area (Å²) in [7, 11) is 2.16. The first-order chi connectivity index (χ1) is 3.83. The Morgan fingerprint density at radius 3 is 2.56 bits per heavy atom. The summed E-state index contributed by atoms with van der Waals surface area (Å²) < 4.78 is 0. The van der Waals surface area contributed by atoms with E-state index in [0.29, 0.717) is 0 Å². The van der Waals surface area contributed by atoms with Crippen molar-refractivity contribution < 1.29 is 20.4 Å². The summed E-state index contributed by atoms with van der Waals surface area (Å²) in [6.07, 6.45) is 1.32. The van der Waals surface area contributed by atoms with Gasteiger partial charge >= 0.3 is 0 Å². The van der Waals surface area contributed by atoms with Crippen LogP contribution in [0.4, 0.5) is 0 Å². The average molecular weight is 237 g/mol. The van der Waals surface area contributed by atoms with Gasteiger partial charge in [-0.2, -0.15) is 5.75 Å². The Labute approximate surface area is 76.3 Å². The van der Waals surface area contributed by atoms with Crippen LogP contribution in [0.1, 0.15) is 6.42 Å². The van der Waals surface area contributed by atoms with Crippen LogP contribution in [0, 0.1) is 5.92 Å². The molecule has 58 valence electrons. The van der Waals surface area contributed by atoms with Gasteiger partial charge in [-0.1, -0.05) is 0 Å². The molecule has 1 nitrogen and oxygen atoms in total. The van der Waals surface area contributed by atoms with Crippen molar-refractivity contribution in [3.05, 3.63) is 0 Å². The molecule has 0 bridgehead atoms. The van der Waals surface area contributed by atoms with Crippen molar-refractivity contribution in [2.75, 3.05) is 25.9 Å². The summed E-state index contributed by atoms with van der Waals surface area (Å²) in [5.74, 6) is 1.76. The molecule has 0 aromatic carbocycles. The van der Waals surface area contributed by atoms with Gasteiger partial charge in [0.1, 0.15) is 0 Å². The minimum Gasteiger partial charge on any atom is -0.792 e. The molecule has 1 unspecified atom stereocenters. The first kappa shape index (κ1) is 9.97. The van der Waals surface area contributed by atoms with Crippen LogP contribution in [0.25, 0.3) is 0 Å². The van der Waals surface area contributed by atoms with Gasteiger partial charge in [-0.05, 0) is 32.5 Å². The van der Waals surface area contributed by atoms with E-state index in [1.807, 2.05) is 0 Å². The molecule has 0 spiro atoms.